The van der Waals surface area contributed by atoms with Gasteiger partial charge in [-0.3, -0.25) is 14.5 Å². The highest BCUT2D eigenvalue weighted by molar-refractivity contribution is 8.15. The fourth-order valence-corrected chi connectivity index (χ4v) is 4.75. The van der Waals surface area contributed by atoms with Gasteiger partial charge in [0.05, 0.1) is 26.5 Å². The molecule has 0 spiro atoms. The van der Waals surface area contributed by atoms with Crippen LogP contribution < -0.4 is 14.8 Å². The molecule has 1 aliphatic rings. The van der Waals surface area contributed by atoms with Gasteiger partial charge in [0.25, 0.3) is 0 Å². The Bertz CT molecular complexity index is 1210. The minimum Gasteiger partial charge on any atom is -0.497 e. The summed E-state index contributed by atoms with van der Waals surface area (Å²) in [5.41, 5.74) is 2.23. The fourth-order valence-electron chi connectivity index (χ4n) is 3.46. The summed E-state index contributed by atoms with van der Waals surface area (Å²) >= 11 is 7.20. The number of nitrogens with one attached hydrogen (secondary N) is 1. The lowest BCUT2D eigenvalue weighted by molar-refractivity contribution is -0.128. The van der Waals surface area contributed by atoms with Crippen LogP contribution in [-0.4, -0.2) is 41.4 Å². The lowest BCUT2D eigenvalue weighted by atomic mass is 10.2. The van der Waals surface area contributed by atoms with Crippen LogP contribution in [0.15, 0.2) is 77.8 Å². The van der Waals surface area contributed by atoms with E-state index in [0.29, 0.717) is 28.1 Å². The Morgan fingerprint density at radius 3 is 2.17 bits per heavy atom. The van der Waals surface area contributed by atoms with Crippen molar-refractivity contribution >= 4 is 51.7 Å². The molecule has 4 rings (SSSR count). The molecule has 1 fully saturated rings. The summed E-state index contributed by atoms with van der Waals surface area (Å²) in [5, 5.41) is 3.36. The summed E-state index contributed by atoms with van der Waals surface area (Å²) < 4.78 is 10.4. The zero-order valence-corrected chi connectivity index (χ0v) is 20.8. The van der Waals surface area contributed by atoms with E-state index in [-0.39, 0.29) is 18.2 Å². The third kappa shape index (κ3) is 6.35. The molecule has 0 bridgehead atoms. The number of ether oxygens (including phenoxy) is 2. The zero-order chi connectivity index (χ0) is 24.8. The minimum absolute atomic E-state index is 0.0207. The normalized spacial score (nSPS) is 16.4. The first kappa shape index (κ1) is 24.6. The van der Waals surface area contributed by atoms with Gasteiger partial charge in [0.1, 0.15) is 16.7 Å². The third-order valence-corrected chi connectivity index (χ3v) is 6.74. The molecule has 1 heterocycles. The van der Waals surface area contributed by atoms with Gasteiger partial charge in [-0.15, -0.1) is 0 Å². The lowest BCUT2D eigenvalue weighted by Gasteiger charge is -2.17. The van der Waals surface area contributed by atoms with E-state index >= 15 is 0 Å². The maximum absolute atomic E-state index is 13.3. The number of halogens is 1. The van der Waals surface area contributed by atoms with Crippen molar-refractivity contribution in [2.24, 2.45) is 4.99 Å². The van der Waals surface area contributed by atoms with E-state index in [9.17, 15) is 9.59 Å². The van der Waals surface area contributed by atoms with Crippen molar-refractivity contribution in [3.63, 3.8) is 0 Å². The molecule has 0 unspecified atom stereocenters. The number of hydrogen-bond acceptors (Lipinski definition) is 6. The van der Waals surface area contributed by atoms with Crippen LogP contribution in [0.4, 0.5) is 11.4 Å². The van der Waals surface area contributed by atoms with Crippen molar-refractivity contribution < 1.29 is 19.1 Å². The van der Waals surface area contributed by atoms with Gasteiger partial charge in [-0.25, -0.2) is 4.99 Å². The Kier molecular flexibility index (Phi) is 7.94. The van der Waals surface area contributed by atoms with E-state index in [1.807, 2.05) is 48.5 Å². The summed E-state index contributed by atoms with van der Waals surface area (Å²) in [6.45, 7) is 0.333. The van der Waals surface area contributed by atoms with Crippen molar-refractivity contribution in [3.8, 4) is 11.5 Å². The molecule has 1 saturated heterocycles. The van der Waals surface area contributed by atoms with Gasteiger partial charge in [-0.1, -0.05) is 35.5 Å². The van der Waals surface area contributed by atoms with Gasteiger partial charge in [-0.2, -0.15) is 0 Å². The molecule has 3 aromatic carbocycles. The Morgan fingerprint density at radius 1 is 0.971 bits per heavy atom. The third-order valence-electron chi connectivity index (χ3n) is 5.32. The van der Waals surface area contributed by atoms with E-state index in [1.54, 1.807) is 43.4 Å². The number of anilines is 1. The second-order valence-electron chi connectivity index (χ2n) is 7.73. The molecule has 0 aliphatic carbocycles. The van der Waals surface area contributed by atoms with E-state index in [2.05, 4.69) is 5.32 Å². The maximum Gasteiger partial charge on any atom is 0.242 e. The Labute approximate surface area is 213 Å². The molecule has 3 aromatic rings. The molecular formula is C26H24ClN3O4S. The number of methoxy groups -OCH3 is 2. The van der Waals surface area contributed by atoms with Gasteiger partial charge < -0.3 is 14.8 Å². The van der Waals surface area contributed by atoms with Crippen LogP contribution in [0.3, 0.4) is 0 Å². The lowest BCUT2D eigenvalue weighted by Crippen LogP contribution is -2.33. The smallest absolute Gasteiger partial charge is 0.242 e. The number of rotatable bonds is 8. The Morgan fingerprint density at radius 2 is 1.57 bits per heavy atom. The average molecular weight is 510 g/mol. The van der Waals surface area contributed by atoms with Gasteiger partial charge >= 0.3 is 0 Å². The summed E-state index contributed by atoms with van der Waals surface area (Å²) in [4.78, 5) is 32.3. The van der Waals surface area contributed by atoms with Crippen LogP contribution >= 0.6 is 23.4 Å². The van der Waals surface area contributed by atoms with E-state index in [4.69, 9.17) is 26.1 Å². The van der Waals surface area contributed by atoms with Crippen LogP contribution in [0.2, 0.25) is 5.02 Å². The van der Waals surface area contributed by atoms with Crippen molar-refractivity contribution in [1.82, 2.24) is 4.90 Å². The van der Waals surface area contributed by atoms with Crippen LogP contribution in [-0.2, 0) is 16.1 Å². The van der Waals surface area contributed by atoms with E-state index in [0.717, 1.165) is 17.1 Å². The number of hydrogen-bond donors (Lipinski definition) is 1. The maximum atomic E-state index is 13.3. The highest BCUT2D eigenvalue weighted by Crippen LogP contribution is 2.33. The number of aliphatic imine (C=N–C) groups is 1. The molecule has 0 radical (unpaired) electrons. The number of amidine groups is 1. The molecule has 0 aromatic heterocycles. The molecule has 1 atom stereocenters. The van der Waals surface area contributed by atoms with Crippen LogP contribution in [0, 0.1) is 0 Å². The van der Waals surface area contributed by atoms with Crippen molar-refractivity contribution in [3.05, 3.63) is 83.4 Å². The SMILES string of the molecule is COc1ccc(CN2C(=O)[C@@H](CC(=O)Nc3ccc(Cl)cc3)SC2=Nc2ccc(OC)cc2)cc1. The Hall–Kier alpha value is -3.49. The topological polar surface area (TPSA) is 80.2 Å². The molecule has 9 heteroatoms. The predicted molar refractivity (Wildman–Crippen MR) is 140 cm³/mol. The summed E-state index contributed by atoms with van der Waals surface area (Å²) in [5.74, 6) is 1.04. The Balaban J connectivity index is 1.54. The van der Waals surface area contributed by atoms with Gasteiger partial charge in [0.2, 0.25) is 11.8 Å². The molecular weight excluding hydrogens is 486 g/mol. The van der Waals surface area contributed by atoms with Crippen molar-refractivity contribution in [1.29, 1.82) is 0 Å². The highest BCUT2D eigenvalue weighted by atomic mass is 35.5. The highest BCUT2D eigenvalue weighted by Gasteiger charge is 2.39. The monoisotopic (exact) mass is 509 g/mol. The summed E-state index contributed by atoms with van der Waals surface area (Å²) in [7, 11) is 3.21. The number of carbonyl (C=O) groups is 2. The number of carbonyl (C=O) groups excluding carboxylic acids is 2. The van der Waals surface area contributed by atoms with E-state index in [1.165, 1.54) is 11.8 Å². The number of thioether (sulfide) groups is 1. The fraction of sp³-hybridized carbons (Fsp3) is 0.192. The van der Waals surface area contributed by atoms with Gasteiger partial charge in [0, 0.05) is 17.1 Å². The molecule has 180 valence electrons. The quantitative estimate of drug-likeness (QED) is 0.432. The van der Waals surface area contributed by atoms with E-state index < -0.39 is 5.25 Å². The van der Waals surface area contributed by atoms with Gasteiger partial charge in [-0.05, 0) is 66.2 Å². The zero-order valence-electron chi connectivity index (χ0n) is 19.2. The first-order chi connectivity index (χ1) is 16.9. The largest absolute Gasteiger partial charge is 0.497 e. The van der Waals surface area contributed by atoms with Crippen LogP contribution in [0.5, 0.6) is 11.5 Å². The van der Waals surface area contributed by atoms with Crippen LogP contribution in [0.1, 0.15) is 12.0 Å². The van der Waals surface area contributed by atoms with Crippen molar-refractivity contribution in [2.75, 3.05) is 19.5 Å². The summed E-state index contributed by atoms with van der Waals surface area (Å²) in [6.07, 6.45) is 0.0207. The number of amides is 2. The number of nitrogens with zero attached hydrogens (tertiary/aromatic N) is 2. The molecule has 2 amide bonds. The molecule has 1 aliphatic heterocycles. The summed E-state index contributed by atoms with van der Waals surface area (Å²) in [6, 6.07) is 21.6. The average Bonchev–Trinajstić information content (AvgIpc) is 3.15. The second kappa shape index (κ2) is 11.3. The standard InChI is InChI=1S/C26H24ClN3O4S/c1-33-21-11-3-17(4-12-21)16-30-25(32)23(15-24(31)28-19-7-5-18(27)6-8-19)35-26(30)29-20-9-13-22(34-2)14-10-20/h3-14,23H,15-16H2,1-2H3,(H,28,31)/t23-/m1/s1. The molecule has 35 heavy (non-hydrogen) atoms. The predicted octanol–water partition coefficient (Wildman–Crippen LogP) is 5.52. The number of benzene rings is 3. The van der Waals surface area contributed by atoms with Crippen LogP contribution in [0.25, 0.3) is 0 Å². The first-order valence-corrected chi connectivity index (χ1v) is 12.1. The first-order valence-electron chi connectivity index (χ1n) is 10.8. The molecule has 0 saturated carbocycles. The minimum atomic E-state index is -0.586. The van der Waals surface area contributed by atoms with Crippen molar-refractivity contribution in [2.45, 2.75) is 18.2 Å². The molecule has 7 nitrogen and oxygen atoms in total. The van der Waals surface area contributed by atoms with Gasteiger partial charge in [0.15, 0.2) is 5.17 Å². The molecule has 1 N–H and O–H groups in total. The second-order valence-corrected chi connectivity index (χ2v) is 9.34.